The number of thiazole rings is 1. The summed E-state index contributed by atoms with van der Waals surface area (Å²) < 4.78 is 5.58. The van der Waals surface area contributed by atoms with E-state index in [9.17, 15) is 9.90 Å². The summed E-state index contributed by atoms with van der Waals surface area (Å²) in [5, 5.41) is 12.3. The van der Waals surface area contributed by atoms with Crippen molar-refractivity contribution < 1.29 is 14.6 Å². The first kappa shape index (κ1) is 13.0. The number of aromatic nitrogens is 1. The highest BCUT2D eigenvalue weighted by Gasteiger charge is 2.27. The van der Waals surface area contributed by atoms with E-state index in [1.165, 1.54) is 11.3 Å². The number of carbonyl (C=O) groups is 1. The fraction of sp³-hybridized carbons (Fsp3) is 0.692. The molecule has 0 aromatic carbocycles. The Bertz CT molecular complexity index is 456. The van der Waals surface area contributed by atoms with Crippen molar-refractivity contribution in [3.05, 3.63) is 16.1 Å². The van der Waals surface area contributed by atoms with Gasteiger partial charge in [-0.2, -0.15) is 0 Å². The van der Waals surface area contributed by atoms with E-state index < -0.39 is 6.10 Å². The summed E-state index contributed by atoms with van der Waals surface area (Å²) >= 11 is 1.49. The van der Waals surface area contributed by atoms with Crippen molar-refractivity contribution in [2.75, 3.05) is 19.7 Å². The number of β-amino-alcohol motifs (C(OH)–C–C–N with tert-alkyl or cyclic N) is 1. The van der Waals surface area contributed by atoms with E-state index in [0.717, 1.165) is 37.3 Å². The van der Waals surface area contributed by atoms with Crippen LogP contribution in [0.25, 0.3) is 0 Å². The molecule has 3 rings (SSSR count). The maximum atomic E-state index is 12.3. The van der Waals surface area contributed by atoms with Crippen molar-refractivity contribution in [2.24, 2.45) is 0 Å². The molecule has 5 nitrogen and oxygen atoms in total. The molecule has 0 radical (unpaired) electrons. The molecular weight excluding hydrogens is 264 g/mol. The number of aliphatic hydroxyl groups is 1. The van der Waals surface area contributed by atoms with Crippen LogP contribution in [0.15, 0.2) is 5.38 Å². The second-order valence-corrected chi connectivity index (χ2v) is 6.01. The number of nitrogens with zero attached hydrogens (tertiary/aromatic N) is 2. The molecule has 1 amide bonds. The fourth-order valence-corrected chi connectivity index (χ4v) is 3.48. The quantitative estimate of drug-likeness (QED) is 0.895. The van der Waals surface area contributed by atoms with E-state index >= 15 is 0 Å². The van der Waals surface area contributed by atoms with Crippen LogP contribution in [0.2, 0.25) is 0 Å². The van der Waals surface area contributed by atoms with Crippen molar-refractivity contribution in [1.29, 1.82) is 0 Å². The summed E-state index contributed by atoms with van der Waals surface area (Å²) in [6, 6.07) is 0. The van der Waals surface area contributed by atoms with Gasteiger partial charge in [-0.15, -0.1) is 11.3 Å². The molecular formula is C13H18N2O3S. The first-order valence-electron chi connectivity index (χ1n) is 6.78. The number of hydrogen-bond donors (Lipinski definition) is 1. The normalized spacial score (nSPS) is 27.7. The largest absolute Gasteiger partial charge is 0.391 e. The summed E-state index contributed by atoms with van der Waals surface area (Å²) in [6.07, 6.45) is 3.36. The first-order valence-corrected chi connectivity index (χ1v) is 7.66. The zero-order valence-corrected chi connectivity index (χ0v) is 11.6. The smallest absolute Gasteiger partial charge is 0.273 e. The molecule has 19 heavy (non-hydrogen) atoms. The minimum Gasteiger partial charge on any atom is -0.391 e. The highest BCUT2D eigenvalue weighted by atomic mass is 32.1. The topological polar surface area (TPSA) is 62.7 Å². The third kappa shape index (κ3) is 2.80. The van der Waals surface area contributed by atoms with Gasteiger partial charge in [0.15, 0.2) is 0 Å². The van der Waals surface area contributed by atoms with Gasteiger partial charge in [-0.25, -0.2) is 4.98 Å². The van der Waals surface area contributed by atoms with Crippen LogP contribution in [0.3, 0.4) is 0 Å². The third-order valence-corrected chi connectivity index (χ3v) is 4.57. The van der Waals surface area contributed by atoms with Crippen LogP contribution < -0.4 is 0 Å². The van der Waals surface area contributed by atoms with Crippen molar-refractivity contribution in [2.45, 2.75) is 37.9 Å². The number of piperidine rings is 1. The lowest BCUT2D eigenvalue weighted by atomic mass is 10.1. The Hall–Kier alpha value is -0.980. The van der Waals surface area contributed by atoms with Gasteiger partial charge in [0.05, 0.1) is 6.10 Å². The molecule has 2 fully saturated rings. The molecule has 2 aliphatic rings. The molecule has 1 aromatic heterocycles. The zero-order chi connectivity index (χ0) is 13.2. The van der Waals surface area contributed by atoms with Gasteiger partial charge in [0.1, 0.15) is 16.8 Å². The van der Waals surface area contributed by atoms with Gasteiger partial charge in [-0.1, -0.05) is 0 Å². The number of aliphatic hydroxyl groups excluding tert-OH is 1. The van der Waals surface area contributed by atoms with Gasteiger partial charge >= 0.3 is 0 Å². The highest BCUT2D eigenvalue weighted by molar-refractivity contribution is 7.09. The molecule has 2 atom stereocenters. The van der Waals surface area contributed by atoms with E-state index in [4.69, 9.17) is 4.74 Å². The van der Waals surface area contributed by atoms with Gasteiger partial charge < -0.3 is 14.7 Å². The number of ether oxygens (including phenoxy) is 1. The van der Waals surface area contributed by atoms with Crippen molar-refractivity contribution in [3.63, 3.8) is 0 Å². The Balaban J connectivity index is 1.69. The van der Waals surface area contributed by atoms with Crippen LogP contribution in [-0.4, -0.2) is 46.7 Å². The number of rotatable bonds is 2. The Labute approximate surface area is 116 Å². The molecule has 2 unspecified atom stereocenters. The SMILES string of the molecule is O=C(c1csc(C2CCCO2)n1)N1CCCC(O)C1. The van der Waals surface area contributed by atoms with Gasteiger partial charge in [-0.3, -0.25) is 4.79 Å². The second-order valence-electron chi connectivity index (χ2n) is 5.12. The van der Waals surface area contributed by atoms with Gasteiger partial charge in [-0.05, 0) is 25.7 Å². The monoisotopic (exact) mass is 282 g/mol. The number of hydrogen-bond acceptors (Lipinski definition) is 5. The summed E-state index contributed by atoms with van der Waals surface area (Å²) in [5.41, 5.74) is 0.490. The lowest BCUT2D eigenvalue weighted by Crippen LogP contribution is -2.42. The van der Waals surface area contributed by atoms with E-state index in [1.54, 1.807) is 10.3 Å². The van der Waals surface area contributed by atoms with E-state index in [0.29, 0.717) is 18.8 Å². The molecule has 0 saturated carbocycles. The number of amides is 1. The average molecular weight is 282 g/mol. The maximum Gasteiger partial charge on any atom is 0.273 e. The van der Waals surface area contributed by atoms with Crippen LogP contribution in [0.4, 0.5) is 0 Å². The summed E-state index contributed by atoms with van der Waals surface area (Å²) in [6.45, 7) is 1.92. The van der Waals surface area contributed by atoms with Crippen LogP contribution in [-0.2, 0) is 4.74 Å². The molecule has 0 aliphatic carbocycles. The lowest BCUT2D eigenvalue weighted by Gasteiger charge is -2.29. The summed E-state index contributed by atoms with van der Waals surface area (Å²) in [7, 11) is 0. The van der Waals surface area contributed by atoms with Crippen LogP contribution in [0.1, 0.15) is 47.3 Å². The van der Waals surface area contributed by atoms with Crippen LogP contribution in [0.5, 0.6) is 0 Å². The Kier molecular flexibility index (Phi) is 3.81. The highest BCUT2D eigenvalue weighted by Crippen LogP contribution is 2.30. The molecule has 3 heterocycles. The van der Waals surface area contributed by atoms with Crippen molar-refractivity contribution >= 4 is 17.2 Å². The fourth-order valence-electron chi connectivity index (χ4n) is 2.61. The predicted molar refractivity (Wildman–Crippen MR) is 71.2 cm³/mol. The summed E-state index contributed by atoms with van der Waals surface area (Å²) in [4.78, 5) is 18.4. The van der Waals surface area contributed by atoms with E-state index in [2.05, 4.69) is 4.98 Å². The maximum absolute atomic E-state index is 12.3. The minimum atomic E-state index is -0.394. The molecule has 2 saturated heterocycles. The van der Waals surface area contributed by atoms with E-state index in [-0.39, 0.29) is 12.0 Å². The minimum absolute atomic E-state index is 0.0681. The molecule has 0 spiro atoms. The Morgan fingerprint density at radius 3 is 3.11 bits per heavy atom. The average Bonchev–Trinajstić information content (AvgIpc) is 3.08. The molecule has 1 N–H and O–H groups in total. The second kappa shape index (κ2) is 5.56. The van der Waals surface area contributed by atoms with Gasteiger partial charge in [0, 0.05) is 25.1 Å². The molecule has 104 valence electrons. The van der Waals surface area contributed by atoms with Crippen LogP contribution in [0, 0.1) is 0 Å². The first-order chi connectivity index (χ1) is 9.24. The van der Waals surface area contributed by atoms with Crippen molar-refractivity contribution in [3.8, 4) is 0 Å². The molecule has 2 aliphatic heterocycles. The third-order valence-electron chi connectivity index (χ3n) is 3.63. The molecule has 1 aromatic rings. The predicted octanol–water partition coefficient (Wildman–Crippen LogP) is 1.59. The zero-order valence-electron chi connectivity index (χ0n) is 10.7. The number of carbonyl (C=O) groups excluding carboxylic acids is 1. The van der Waals surface area contributed by atoms with Gasteiger partial charge in [0.25, 0.3) is 5.91 Å². The van der Waals surface area contributed by atoms with Crippen molar-refractivity contribution in [1.82, 2.24) is 9.88 Å². The van der Waals surface area contributed by atoms with E-state index in [1.807, 2.05) is 0 Å². The number of likely N-dealkylation sites (tertiary alicyclic amines) is 1. The lowest BCUT2D eigenvalue weighted by molar-refractivity contribution is 0.0468. The molecule has 0 bridgehead atoms. The molecule has 6 heteroatoms. The van der Waals surface area contributed by atoms with Crippen LogP contribution >= 0.6 is 11.3 Å². The Morgan fingerprint density at radius 1 is 1.47 bits per heavy atom. The Morgan fingerprint density at radius 2 is 2.37 bits per heavy atom. The standard InChI is InChI=1S/C13H18N2O3S/c16-9-3-1-5-15(7-9)13(17)10-8-19-12(14-10)11-4-2-6-18-11/h8-9,11,16H,1-7H2. The van der Waals surface area contributed by atoms with Gasteiger partial charge in [0.2, 0.25) is 0 Å². The summed E-state index contributed by atoms with van der Waals surface area (Å²) in [5.74, 6) is -0.0701.